The van der Waals surface area contributed by atoms with E-state index in [-0.39, 0.29) is 5.92 Å². The molecule has 136 valence electrons. The molecule has 0 radical (unpaired) electrons. The topological polar surface area (TPSA) is 49.8 Å². The first kappa shape index (κ1) is 16.2. The SMILES string of the molecule is CC1=C(c2nc(C)cs2)O[C@@H]2OC3(C)CC[C@H]4[C@H](C)CC[C@@H]1[C@@]24OO3. The second-order valence-electron chi connectivity index (χ2n) is 8.28. The van der Waals surface area contributed by atoms with Crippen molar-refractivity contribution in [1.29, 1.82) is 0 Å². The van der Waals surface area contributed by atoms with Gasteiger partial charge >= 0.3 is 0 Å². The lowest BCUT2D eigenvalue weighted by Crippen LogP contribution is -2.66. The number of ether oxygens (including phenoxy) is 2. The third kappa shape index (κ3) is 2.14. The lowest BCUT2D eigenvalue weighted by molar-refractivity contribution is -0.553. The van der Waals surface area contributed by atoms with Crippen LogP contribution in [0.3, 0.4) is 0 Å². The average Bonchev–Trinajstić information content (AvgIpc) is 2.88. The number of rotatable bonds is 1. The molecule has 2 bridgehead atoms. The Hall–Kier alpha value is -0.950. The Balaban J connectivity index is 1.66. The maximum Gasteiger partial charge on any atom is 0.236 e. The zero-order valence-electron chi connectivity index (χ0n) is 15.2. The van der Waals surface area contributed by atoms with Gasteiger partial charge in [0.2, 0.25) is 12.1 Å². The van der Waals surface area contributed by atoms with Gasteiger partial charge in [0, 0.05) is 29.3 Å². The van der Waals surface area contributed by atoms with E-state index in [9.17, 15) is 0 Å². The number of hydrogen-bond acceptors (Lipinski definition) is 6. The van der Waals surface area contributed by atoms with Crippen LogP contribution in [0, 0.1) is 24.7 Å². The number of aromatic nitrogens is 1. The number of aryl methyl sites for hydroxylation is 1. The fraction of sp³-hybridized carbons (Fsp3) is 0.737. The molecule has 1 aliphatic carbocycles. The highest BCUT2D eigenvalue weighted by Crippen LogP contribution is 2.60. The summed E-state index contributed by atoms with van der Waals surface area (Å²) in [6.45, 7) is 8.46. The summed E-state index contributed by atoms with van der Waals surface area (Å²) in [5, 5.41) is 3.01. The number of fused-ring (bicyclic) bond motifs is 2. The molecule has 6 heteroatoms. The van der Waals surface area contributed by atoms with E-state index in [4.69, 9.17) is 19.2 Å². The van der Waals surface area contributed by atoms with E-state index in [1.165, 1.54) is 12.0 Å². The normalized spacial score (nSPS) is 45.8. The lowest BCUT2D eigenvalue weighted by atomic mass is 9.59. The first-order valence-corrected chi connectivity index (χ1v) is 10.2. The monoisotopic (exact) mass is 363 g/mol. The summed E-state index contributed by atoms with van der Waals surface area (Å²) in [5.41, 5.74) is 1.71. The van der Waals surface area contributed by atoms with Gasteiger partial charge in [-0.1, -0.05) is 6.92 Å². The lowest BCUT2D eigenvalue weighted by Gasteiger charge is -2.57. The van der Waals surface area contributed by atoms with Crippen LogP contribution < -0.4 is 0 Å². The van der Waals surface area contributed by atoms with Crippen LogP contribution in [0.1, 0.15) is 57.2 Å². The van der Waals surface area contributed by atoms with Crippen molar-refractivity contribution in [2.24, 2.45) is 17.8 Å². The third-order valence-corrected chi connectivity index (χ3v) is 7.60. The molecule has 1 aromatic heterocycles. The largest absolute Gasteiger partial charge is 0.458 e. The molecule has 1 aromatic rings. The first-order valence-electron chi connectivity index (χ1n) is 9.27. The Kier molecular flexibility index (Phi) is 3.43. The van der Waals surface area contributed by atoms with Crippen molar-refractivity contribution in [3.05, 3.63) is 21.7 Å². The highest BCUT2D eigenvalue weighted by Gasteiger charge is 2.68. The minimum absolute atomic E-state index is 0.245. The molecular weight excluding hydrogens is 338 g/mol. The molecule has 3 saturated heterocycles. The van der Waals surface area contributed by atoms with E-state index >= 15 is 0 Å². The fourth-order valence-electron chi connectivity index (χ4n) is 5.29. The van der Waals surface area contributed by atoms with Crippen molar-refractivity contribution in [2.75, 3.05) is 0 Å². The second kappa shape index (κ2) is 5.28. The Labute approximate surface area is 152 Å². The molecule has 1 unspecified atom stereocenters. The highest BCUT2D eigenvalue weighted by atomic mass is 32.1. The molecule has 5 heterocycles. The number of thiazole rings is 1. The summed E-state index contributed by atoms with van der Waals surface area (Å²) in [6, 6.07) is 0. The molecular formula is C19H25NO4S. The van der Waals surface area contributed by atoms with E-state index in [1.54, 1.807) is 11.3 Å². The summed E-state index contributed by atoms with van der Waals surface area (Å²) in [7, 11) is 0. The molecule has 6 atom stereocenters. The van der Waals surface area contributed by atoms with Gasteiger partial charge in [-0.2, -0.15) is 0 Å². The van der Waals surface area contributed by atoms with Crippen LogP contribution >= 0.6 is 11.3 Å². The van der Waals surface area contributed by atoms with Crippen molar-refractivity contribution in [1.82, 2.24) is 4.98 Å². The van der Waals surface area contributed by atoms with Gasteiger partial charge < -0.3 is 9.47 Å². The predicted molar refractivity (Wildman–Crippen MR) is 93.3 cm³/mol. The van der Waals surface area contributed by atoms with Crippen molar-refractivity contribution >= 4 is 17.1 Å². The Bertz CT molecular complexity index is 746. The molecule has 6 rings (SSSR count). The van der Waals surface area contributed by atoms with Crippen molar-refractivity contribution in [3.63, 3.8) is 0 Å². The van der Waals surface area contributed by atoms with Gasteiger partial charge in [-0.3, -0.25) is 0 Å². The van der Waals surface area contributed by atoms with Gasteiger partial charge in [-0.25, -0.2) is 14.8 Å². The summed E-state index contributed by atoms with van der Waals surface area (Å²) in [5.74, 6) is 1.36. The van der Waals surface area contributed by atoms with E-state index in [2.05, 4.69) is 24.2 Å². The molecule has 5 nitrogen and oxygen atoms in total. The first-order chi connectivity index (χ1) is 11.9. The second-order valence-corrected chi connectivity index (χ2v) is 9.14. The van der Waals surface area contributed by atoms with Crippen molar-refractivity contribution < 1.29 is 19.2 Å². The van der Waals surface area contributed by atoms with Gasteiger partial charge in [0.05, 0.1) is 0 Å². The minimum atomic E-state index is -0.729. The van der Waals surface area contributed by atoms with Crippen LogP contribution in [0.4, 0.5) is 0 Å². The zero-order valence-corrected chi connectivity index (χ0v) is 16.0. The van der Waals surface area contributed by atoms with Gasteiger partial charge in [-0.15, -0.1) is 11.3 Å². The third-order valence-electron chi connectivity index (χ3n) is 6.64. The minimum Gasteiger partial charge on any atom is -0.458 e. The van der Waals surface area contributed by atoms with Crippen LogP contribution in [-0.4, -0.2) is 22.7 Å². The molecule has 0 N–H and O–H groups in total. The molecule has 0 amide bonds. The van der Waals surface area contributed by atoms with E-state index in [0.717, 1.165) is 35.7 Å². The number of nitrogens with zero attached hydrogens (tertiary/aromatic N) is 1. The maximum absolute atomic E-state index is 6.46. The summed E-state index contributed by atoms with van der Waals surface area (Å²) in [4.78, 5) is 16.6. The van der Waals surface area contributed by atoms with E-state index < -0.39 is 17.7 Å². The molecule has 1 spiro atoms. The number of hydrogen-bond donors (Lipinski definition) is 0. The van der Waals surface area contributed by atoms with E-state index in [0.29, 0.717) is 11.8 Å². The van der Waals surface area contributed by atoms with Gasteiger partial charge in [0.25, 0.3) is 0 Å². The van der Waals surface area contributed by atoms with Gasteiger partial charge in [0.15, 0.2) is 16.4 Å². The summed E-state index contributed by atoms with van der Waals surface area (Å²) >= 11 is 1.63. The zero-order chi connectivity index (χ0) is 17.4. The summed E-state index contributed by atoms with van der Waals surface area (Å²) in [6.07, 6.45) is 3.72. The quantitative estimate of drug-likeness (QED) is 0.691. The molecule has 1 saturated carbocycles. The molecule has 25 heavy (non-hydrogen) atoms. The molecule has 0 aromatic carbocycles. The van der Waals surface area contributed by atoms with Crippen LogP contribution in [-0.2, 0) is 19.2 Å². The Morgan fingerprint density at radius 3 is 2.80 bits per heavy atom. The molecule has 4 aliphatic heterocycles. The standard InChI is InChI=1S/C19H25NO4S/c1-10-5-6-14-12(3)15(16-20-11(2)9-25-16)21-17-19(14)13(10)7-8-18(4,22-17)23-24-19/h9-10,13-14,17H,5-8H2,1-4H3/t10-,13+,14+,17-,18?,19-/m1/s1. The van der Waals surface area contributed by atoms with Crippen molar-refractivity contribution in [2.45, 2.75) is 71.1 Å². The fourth-order valence-corrected chi connectivity index (χ4v) is 6.14. The highest BCUT2D eigenvalue weighted by molar-refractivity contribution is 7.10. The van der Waals surface area contributed by atoms with Gasteiger partial charge in [-0.05, 0) is 51.5 Å². The van der Waals surface area contributed by atoms with Crippen LogP contribution in [0.25, 0.3) is 5.76 Å². The van der Waals surface area contributed by atoms with E-state index in [1.807, 2.05) is 13.8 Å². The van der Waals surface area contributed by atoms with Crippen LogP contribution in [0.5, 0.6) is 0 Å². The predicted octanol–water partition coefficient (Wildman–Crippen LogP) is 4.43. The smallest absolute Gasteiger partial charge is 0.236 e. The van der Waals surface area contributed by atoms with Crippen LogP contribution in [0.15, 0.2) is 11.0 Å². The van der Waals surface area contributed by atoms with Crippen molar-refractivity contribution in [3.8, 4) is 0 Å². The Morgan fingerprint density at radius 2 is 2.04 bits per heavy atom. The molecule has 4 fully saturated rings. The molecule has 5 aliphatic rings. The Morgan fingerprint density at radius 1 is 1.20 bits per heavy atom. The average molecular weight is 363 g/mol. The van der Waals surface area contributed by atoms with Gasteiger partial charge in [0.1, 0.15) is 0 Å². The van der Waals surface area contributed by atoms with Crippen LogP contribution in [0.2, 0.25) is 0 Å². The summed E-state index contributed by atoms with van der Waals surface area (Å²) < 4.78 is 12.8. The maximum atomic E-state index is 6.46.